The maximum Gasteiger partial charge on any atom is 0.326 e. The van der Waals surface area contributed by atoms with Gasteiger partial charge >= 0.3 is 11.9 Å². The summed E-state index contributed by atoms with van der Waals surface area (Å²) < 4.78 is 0. The predicted molar refractivity (Wildman–Crippen MR) is 178 cm³/mol. The van der Waals surface area contributed by atoms with Gasteiger partial charge in [0.2, 0.25) is 53.2 Å². The third-order valence-corrected chi connectivity index (χ3v) is 7.34. The molecule has 16 N–H and O–H groups in total. The molecule has 53 heavy (non-hydrogen) atoms. The number of amides is 9. The van der Waals surface area contributed by atoms with Crippen LogP contribution in [0.2, 0.25) is 0 Å². The molecular weight excluding hydrogens is 712 g/mol. The SMILES string of the molecule is CC[C@H](C)[C@H](NC(=O)[C@H](CCC(=O)O)NC(=O)CN)C(=O)N[C@@H](CC(N)=O)C(=O)NCC(=O)N[C@@H](CO)C(=O)N[C@@H](C)C(=O)N[C@@H](CC(N)=O)C(=O)O. The standard InChI is InChI=1S/C29H48N10O14/c1-4-12(2)23(39-26(49)14(5-6-22(45)46)35-20(43)9-30)28(51)37-15(7-18(31)41)25(48)33-10-21(44)36-17(11-40)27(50)34-13(3)24(47)38-16(29(52)53)8-19(32)42/h12-17,23,40H,4-11,30H2,1-3H3,(H2,31,41)(H2,32,42)(H,33,48)(H,34,50)(H,35,43)(H,36,44)(H,37,51)(H,38,47)(H,39,49)(H,45,46)(H,52,53)/t12-,13-,14-,15-,16-,17-,23-/m0/s1. The van der Waals surface area contributed by atoms with Crippen LogP contribution >= 0.6 is 0 Å². The first-order chi connectivity index (χ1) is 24.7. The van der Waals surface area contributed by atoms with Crippen molar-refractivity contribution in [3.63, 3.8) is 0 Å². The average molecular weight is 761 g/mol. The number of carboxylic acid groups (broad SMARTS) is 2. The van der Waals surface area contributed by atoms with Crippen molar-refractivity contribution in [2.45, 2.75) is 89.1 Å². The number of rotatable bonds is 25. The van der Waals surface area contributed by atoms with E-state index in [1.807, 2.05) is 5.32 Å². The largest absolute Gasteiger partial charge is 0.481 e. The van der Waals surface area contributed by atoms with Gasteiger partial charge in [-0.15, -0.1) is 0 Å². The zero-order chi connectivity index (χ0) is 41.0. The fraction of sp³-hybridized carbons (Fsp3) is 0.621. The lowest BCUT2D eigenvalue weighted by molar-refractivity contribution is -0.143. The second kappa shape index (κ2) is 23.5. The van der Waals surface area contributed by atoms with E-state index in [1.54, 1.807) is 13.8 Å². The van der Waals surface area contributed by atoms with Gasteiger partial charge in [0.15, 0.2) is 0 Å². The molecule has 0 aliphatic carbocycles. The van der Waals surface area contributed by atoms with E-state index in [0.717, 1.165) is 6.92 Å². The first-order valence-corrected chi connectivity index (χ1v) is 16.1. The number of primary amides is 2. The number of nitrogens with one attached hydrogen (secondary N) is 7. The van der Waals surface area contributed by atoms with Crippen molar-refractivity contribution in [1.82, 2.24) is 37.2 Å². The van der Waals surface area contributed by atoms with Crippen molar-refractivity contribution in [1.29, 1.82) is 0 Å². The van der Waals surface area contributed by atoms with Crippen molar-refractivity contribution >= 4 is 65.1 Å². The molecule has 0 unspecified atom stereocenters. The fourth-order valence-electron chi connectivity index (χ4n) is 4.23. The molecule has 0 saturated heterocycles. The molecule has 0 radical (unpaired) electrons. The molecule has 9 amide bonds. The summed E-state index contributed by atoms with van der Waals surface area (Å²) in [5, 5.41) is 43.0. The molecule has 0 heterocycles. The second-order valence-corrected chi connectivity index (χ2v) is 11.7. The van der Waals surface area contributed by atoms with Gasteiger partial charge in [-0.25, -0.2) is 4.79 Å². The molecular formula is C29H48N10O14. The number of aliphatic carboxylic acids is 2. The summed E-state index contributed by atoms with van der Waals surface area (Å²) in [4.78, 5) is 134. The number of carboxylic acids is 2. The minimum atomic E-state index is -1.70. The number of aliphatic hydroxyl groups is 1. The van der Waals surface area contributed by atoms with Crippen LogP contribution in [0.15, 0.2) is 0 Å². The minimum absolute atomic E-state index is 0.293. The van der Waals surface area contributed by atoms with E-state index in [4.69, 9.17) is 27.4 Å². The summed E-state index contributed by atoms with van der Waals surface area (Å²) in [6.07, 6.45) is -2.10. The molecule has 0 aromatic carbocycles. The Kier molecular flexibility index (Phi) is 20.9. The van der Waals surface area contributed by atoms with Gasteiger partial charge in [0.05, 0.1) is 32.5 Å². The van der Waals surface area contributed by atoms with Gasteiger partial charge in [-0.3, -0.25) is 47.9 Å². The van der Waals surface area contributed by atoms with E-state index < -0.39 is 146 Å². The molecule has 298 valence electrons. The molecule has 24 heteroatoms. The second-order valence-electron chi connectivity index (χ2n) is 11.7. The van der Waals surface area contributed by atoms with E-state index in [0.29, 0.717) is 6.42 Å². The smallest absolute Gasteiger partial charge is 0.326 e. The van der Waals surface area contributed by atoms with Gasteiger partial charge in [0, 0.05) is 6.42 Å². The van der Waals surface area contributed by atoms with Crippen LogP contribution in [-0.4, -0.2) is 136 Å². The Balaban J connectivity index is 5.62. The van der Waals surface area contributed by atoms with Crippen LogP contribution in [0.1, 0.15) is 52.9 Å². The van der Waals surface area contributed by atoms with Crippen LogP contribution in [0.4, 0.5) is 0 Å². The number of nitrogens with two attached hydrogens (primary N) is 3. The van der Waals surface area contributed by atoms with Crippen LogP contribution in [0, 0.1) is 5.92 Å². The zero-order valence-corrected chi connectivity index (χ0v) is 29.3. The molecule has 0 aromatic heterocycles. The van der Waals surface area contributed by atoms with E-state index >= 15 is 0 Å². The lowest BCUT2D eigenvalue weighted by atomic mass is 9.97. The van der Waals surface area contributed by atoms with Crippen molar-refractivity contribution in [2.75, 3.05) is 19.7 Å². The molecule has 0 aliphatic heterocycles. The van der Waals surface area contributed by atoms with Crippen molar-refractivity contribution in [2.24, 2.45) is 23.1 Å². The lowest BCUT2D eigenvalue weighted by Gasteiger charge is -2.28. The topological polar surface area (TPSA) is 411 Å². The molecule has 0 spiro atoms. The Morgan fingerprint density at radius 1 is 0.623 bits per heavy atom. The normalized spacial score (nSPS) is 14.6. The van der Waals surface area contributed by atoms with Gasteiger partial charge in [-0.1, -0.05) is 20.3 Å². The minimum Gasteiger partial charge on any atom is -0.481 e. The molecule has 0 aliphatic rings. The molecule has 0 rings (SSSR count). The molecule has 0 saturated carbocycles. The highest BCUT2D eigenvalue weighted by Crippen LogP contribution is 2.10. The van der Waals surface area contributed by atoms with Crippen LogP contribution in [-0.2, 0) is 52.7 Å². The van der Waals surface area contributed by atoms with Crippen molar-refractivity contribution < 1.29 is 68.1 Å². The van der Waals surface area contributed by atoms with E-state index in [-0.39, 0.29) is 6.42 Å². The lowest BCUT2D eigenvalue weighted by Crippen LogP contribution is -2.59. The number of hydrogen-bond acceptors (Lipinski definition) is 13. The van der Waals surface area contributed by atoms with Gasteiger partial charge in [0.25, 0.3) is 0 Å². The predicted octanol–water partition coefficient (Wildman–Crippen LogP) is -7.27. The van der Waals surface area contributed by atoms with Crippen LogP contribution in [0.3, 0.4) is 0 Å². The van der Waals surface area contributed by atoms with Crippen molar-refractivity contribution in [3.05, 3.63) is 0 Å². The quantitative estimate of drug-likeness (QED) is 0.0411. The Morgan fingerprint density at radius 3 is 1.64 bits per heavy atom. The summed E-state index contributed by atoms with van der Waals surface area (Å²) in [7, 11) is 0. The highest BCUT2D eigenvalue weighted by atomic mass is 16.4. The molecule has 24 nitrogen and oxygen atoms in total. The molecule has 0 bridgehead atoms. The number of hydrogen-bond donors (Lipinski definition) is 13. The number of carbonyl (C=O) groups excluding carboxylic acids is 9. The monoisotopic (exact) mass is 760 g/mol. The van der Waals surface area contributed by atoms with Crippen LogP contribution in [0.25, 0.3) is 0 Å². The highest BCUT2D eigenvalue weighted by Gasteiger charge is 2.33. The summed E-state index contributed by atoms with van der Waals surface area (Å²) in [6, 6.07) is -9.29. The summed E-state index contributed by atoms with van der Waals surface area (Å²) >= 11 is 0. The third-order valence-electron chi connectivity index (χ3n) is 7.34. The Labute approximate surface area is 302 Å². The Morgan fingerprint density at radius 2 is 1.15 bits per heavy atom. The average Bonchev–Trinajstić information content (AvgIpc) is 3.07. The van der Waals surface area contributed by atoms with Crippen LogP contribution in [0.5, 0.6) is 0 Å². The van der Waals surface area contributed by atoms with E-state index in [9.17, 15) is 57.8 Å². The van der Waals surface area contributed by atoms with Gasteiger partial charge < -0.3 is 69.7 Å². The number of aliphatic hydroxyl groups excluding tert-OH is 1. The molecule has 0 aromatic rings. The molecule has 0 fully saturated rings. The number of carbonyl (C=O) groups is 11. The Bertz CT molecular complexity index is 1390. The summed E-state index contributed by atoms with van der Waals surface area (Å²) in [5.41, 5.74) is 15.5. The molecule has 7 atom stereocenters. The zero-order valence-electron chi connectivity index (χ0n) is 29.3. The summed E-state index contributed by atoms with van der Waals surface area (Å²) in [6.45, 7) is 1.95. The summed E-state index contributed by atoms with van der Waals surface area (Å²) in [5.74, 6) is -12.6. The van der Waals surface area contributed by atoms with Gasteiger partial charge in [0.1, 0.15) is 36.3 Å². The fourth-order valence-corrected chi connectivity index (χ4v) is 4.23. The maximum absolute atomic E-state index is 13.3. The van der Waals surface area contributed by atoms with Crippen LogP contribution < -0.4 is 54.4 Å². The van der Waals surface area contributed by atoms with E-state index in [1.165, 1.54) is 0 Å². The Hall–Kier alpha value is -5.91. The first-order valence-electron chi connectivity index (χ1n) is 16.1. The van der Waals surface area contributed by atoms with Crippen molar-refractivity contribution in [3.8, 4) is 0 Å². The van der Waals surface area contributed by atoms with E-state index in [2.05, 4.69) is 31.9 Å². The first kappa shape index (κ1) is 47.1. The maximum atomic E-state index is 13.3. The van der Waals surface area contributed by atoms with Gasteiger partial charge in [-0.2, -0.15) is 0 Å². The third kappa shape index (κ3) is 18.2. The van der Waals surface area contributed by atoms with Gasteiger partial charge in [-0.05, 0) is 19.3 Å². The highest BCUT2D eigenvalue weighted by molar-refractivity contribution is 5.98.